The SMILES string of the molecule is CNS(=O)(=O)c1ccc(C(C)=NNc2nc(Nc3ccccc3)nc(NN=C(C)c3ccc(S(=O)(=O)NC)cc3)c2-c2ccc(F)cc2)cc1. The van der Waals surface area contributed by atoms with Gasteiger partial charge in [0, 0.05) is 5.69 Å². The molecule has 0 aliphatic heterocycles. The molecule has 0 amide bonds. The second-order valence-corrected chi connectivity index (χ2v) is 14.5. The lowest BCUT2D eigenvalue weighted by Gasteiger charge is -2.16. The maximum atomic E-state index is 14.0. The van der Waals surface area contributed by atoms with Crippen molar-refractivity contribution in [3.8, 4) is 11.1 Å². The number of nitrogens with one attached hydrogen (secondary N) is 5. The zero-order valence-electron chi connectivity index (χ0n) is 27.4. The number of halogens is 1. The van der Waals surface area contributed by atoms with Gasteiger partial charge in [-0.25, -0.2) is 30.7 Å². The summed E-state index contributed by atoms with van der Waals surface area (Å²) in [6, 6.07) is 27.5. The van der Waals surface area contributed by atoms with Crippen LogP contribution in [0, 0.1) is 5.82 Å². The van der Waals surface area contributed by atoms with Crippen LogP contribution < -0.4 is 25.6 Å². The highest BCUT2D eigenvalue weighted by molar-refractivity contribution is 7.89. The fraction of sp³-hybridized carbons (Fsp3) is 0.118. The van der Waals surface area contributed by atoms with Gasteiger partial charge in [0.05, 0.1) is 26.8 Å². The minimum Gasteiger partial charge on any atom is -0.324 e. The summed E-state index contributed by atoms with van der Waals surface area (Å²) in [5.74, 6) is 0.249. The normalized spacial score (nSPS) is 12.4. The van der Waals surface area contributed by atoms with E-state index in [0.717, 1.165) is 0 Å². The number of aromatic nitrogens is 2. The molecule has 0 aliphatic rings. The second-order valence-electron chi connectivity index (χ2n) is 10.7. The van der Waals surface area contributed by atoms with Gasteiger partial charge in [-0.1, -0.05) is 54.6 Å². The summed E-state index contributed by atoms with van der Waals surface area (Å²) in [4.78, 5) is 9.63. The highest BCUT2D eigenvalue weighted by atomic mass is 32.2. The average molecular weight is 716 g/mol. The Morgan fingerprint density at radius 1 is 0.620 bits per heavy atom. The van der Waals surface area contributed by atoms with Crippen molar-refractivity contribution in [2.75, 3.05) is 30.3 Å². The van der Waals surface area contributed by atoms with Gasteiger partial charge >= 0.3 is 0 Å². The van der Waals surface area contributed by atoms with E-state index in [2.05, 4.69) is 35.8 Å². The lowest BCUT2D eigenvalue weighted by atomic mass is 10.1. The largest absolute Gasteiger partial charge is 0.324 e. The van der Waals surface area contributed by atoms with Crippen LogP contribution in [0.2, 0.25) is 0 Å². The molecule has 0 atom stereocenters. The quantitative estimate of drug-likeness (QED) is 0.0776. The van der Waals surface area contributed by atoms with Gasteiger partial charge in [-0.05, 0) is 93.2 Å². The zero-order valence-corrected chi connectivity index (χ0v) is 29.1. The number of rotatable bonds is 13. The molecule has 13 nitrogen and oxygen atoms in total. The highest BCUT2D eigenvalue weighted by Gasteiger charge is 2.19. The Morgan fingerprint density at radius 3 is 1.48 bits per heavy atom. The van der Waals surface area contributed by atoms with Gasteiger partial charge in [0.25, 0.3) is 0 Å². The summed E-state index contributed by atoms with van der Waals surface area (Å²) in [6.45, 7) is 3.49. The van der Waals surface area contributed by atoms with Crippen LogP contribution in [0.15, 0.2) is 123 Å². The number of nitrogens with zero attached hydrogens (tertiary/aromatic N) is 4. The summed E-state index contributed by atoms with van der Waals surface area (Å²) in [5, 5.41) is 12.3. The fourth-order valence-corrected chi connectivity index (χ4v) is 6.07. The van der Waals surface area contributed by atoms with E-state index in [-0.39, 0.29) is 27.4 Å². The Labute approximate surface area is 289 Å². The van der Waals surface area contributed by atoms with Gasteiger partial charge in [0.1, 0.15) is 5.82 Å². The Morgan fingerprint density at radius 2 is 1.06 bits per heavy atom. The van der Waals surface area contributed by atoms with Gasteiger partial charge in [-0.2, -0.15) is 20.2 Å². The highest BCUT2D eigenvalue weighted by Crippen LogP contribution is 2.35. The van der Waals surface area contributed by atoms with Crippen molar-refractivity contribution >= 4 is 54.7 Å². The van der Waals surface area contributed by atoms with E-state index < -0.39 is 25.9 Å². The van der Waals surface area contributed by atoms with Crippen LogP contribution in [-0.4, -0.2) is 52.3 Å². The predicted octanol–water partition coefficient (Wildman–Crippen LogP) is 5.51. The van der Waals surface area contributed by atoms with E-state index in [1.165, 1.54) is 50.5 Å². The first-order valence-corrected chi connectivity index (χ1v) is 18.1. The molecule has 16 heteroatoms. The summed E-state index contributed by atoms with van der Waals surface area (Å²) < 4.78 is 67.3. The first-order valence-electron chi connectivity index (χ1n) is 15.1. The van der Waals surface area contributed by atoms with Crippen LogP contribution in [0.1, 0.15) is 25.0 Å². The van der Waals surface area contributed by atoms with Crippen LogP contribution >= 0.6 is 0 Å². The van der Waals surface area contributed by atoms with Crippen LogP contribution in [0.3, 0.4) is 0 Å². The standard InChI is InChI=1S/C34H34FN9O4S2/c1-22(24-12-18-29(19-13-24)49(45,46)36-3)41-43-32-31(26-10-16-27(35)17-11-26)33(40-34(39-32)38-28-8-6-5-7-9-28)44-42-23(2)25-14-20-30(21-15-25)50(47,48)37-4/h5-21,36-37H,1-4H3,(H3,38,39,40,43,44). The molecule has 0 saturated carbocycles. The maximum Gasteiger partial charge on any atom is 0.240 e. The molecule has 1 aromatic heterocycles. The van der Waals surface area contributed by atoms with Crippen molar-refractivity contribution < 1.29 is 21.2 Å². The summed E-state index contributed by atoms with van der Waals surface area (Å²) in [7, 11) is -4.54. The number of sulfonamides is 2. The van der Waals surface area contributed by atoms with Crippen molar-refractivity contribution in [2.45, 2.75) is 23.6 Å². The molecule has 1 heterocycles. The minimum atomic E-state index is -3.61. The van der Waals surface area contributed by atoms with E-state index in [4.69, 9.17) is 9.97 Å². The number of benzene rings is 4. The van der Waals surface area contributed by atoms with Gasteiger partial charge < -0.3 is 5.32 Å². The Kier molecular flexibility index (Phi) is 11.0. The predicted molar refractivity (Wildman–Crippen MR) is 194 cm³/mol. The first-order chi connectivity index (χ1) is 23.9. The summed E-state index contributed by atoms with van der Waals surface area (Å²) in [6.07, 6.45) is 0. The number of hydrogen-bond acceptors (Lipinski definition) is 11. The molecule has 0 aliphatic carbocycles. The average Bonchev–Trinajstić information content (AvgIpc) is 3.13. The molecule has 0 bridgehead atoms. The van der Waals surface area contributed by atoms with Crippen molar-refractivity contribution in [3.63, 3.8) is 0 Å². The summed E-state index contributed by atoms with van der Waals surface area (Å²) in [5.41, 5.74) is 10.1. The van der Waals surface area contributed by atoms with Crippen LogP contribution in [-0.2, 0) is 20.0 Å². The molecule has 0 fully saturated rings. The third kappa shape index (κ3) is 8.53. The number of para-hydroxylation sites is 1. The molecule has 5 rings (SSSR count). The zero-order chi connectivity index (χ0) is 35.9. The summed E-state index contributed by atoms with van der Waals surface area (Å²) >= 11 is 0. The van der Waals surface area contributed by atoms with Crippen molar-refractivity contribution in [2.24, 2.45) is 10.2 Å². The van der Waals surface area contributed by atoms with E-state index in [1.54, 1.807) is 50.2 Å². The molecular weight excluding hydrogens is 682 g/mol. The monoisotopic (exact) mass is 715 g/mol. The second kappa shape index (κ2) is 15.3. The molecule has 50 heavy (non-hydrogen) atoms. The molecule has 5 N–H and O–H groups in total. The molecule has 0 spiro atoms. The maximum absolute atomic E-state index is 14.0. The molecule has 0 unspecified atom stereocenters. The number of anilines is 4. The topological polar surface area (TPSA) is 179 Å². The van der Waals surface area contributed by atoms with E-state index in [9.17, 15) is 21.2 Å². The Hall–Kier alpha value is -5.55. The van der Waals surface area contributed by atoms with Gasteiger partial charge in [0.15, 0.2) is 11.6 Å². The Bertz CT molecular complexity index is 2130. The van der Waals surface area contributed by atoms with Gasteiger partial charge in [-0.3, -0.25) is 10.9 Å². The minimum absolute atomic E-state index is 0.112. The van der Waals surface area contributed by atoms with Crippen LogP contribution in [0.5, 0.6) is 0 Å². The van der Waals surface area contributed by atoms with Gasteiger partial charge in [-0.15, -0.1) is 0 Å². The molecule has 5 aromatic rings. The lowest BCUT2D eigenvalue weighted by molar-refractivity contribution is 0.586. The van der Waals surface area contributed by atoms with Gasteiger partial charge in [0.2, 0.25) is 26.0 Å². The third-order valence-electron chi connectivity index (χ3n) is 7.43. The van der Waals surface area contributed by atoms with E-state index in [0.29, 0.717) is 39.4 Å². The van der Waals surface area contributed by atoms with Crippen molar-refractivity contribution in [1.29, 1.82) is 0 Å². The molecule has 0 radical (unpaired) electrons. The molecule has 4 aromatic carbocycles. The molecular formula is C34H34FN9O4S2. The van der Waals surface area contributed by atoms with Crippen molar-refractivity contribution in [3.05, 3.63) is 120 Å². The molecule has 0 saturated heterocycles. The van der Waals surface area contributed by atoms with Crippen molar-refractivity contribution in [1.82, 2.24) is 19.4 Å². The van der Waals surface area contributed by atoms with E-state index in [1.807, 2.05) is 30.3 Å². The fourth-order valence-electron chi connectivity index (χ4n) is 4.61. The first kappa shape index (κ1) is 35.7. The van der Waals surface area contributed by atoms with Crippen LogP contribution in [0.25, 0.3) is 11.1 Å². The molecule has 258 valence electrons. The number of hydrazone groups is 2. The number of hydrogen-bond donors (Lipinski definition) is 5. The third-order valence-corrected chi connectivity index (χ3v) is 10.3. The lowest BCUT2D eigenvalue weighted by Crippen LogP contribution is -2.18. The van der Waals surface area contributed by atoms with Crippen LogP contribution in [0.4, 0.5) is 27.7 Å². The Balaban J connectivity index is 1.57. The smallest absolute Gasteiger partial charge is 0.240 e. The van der Waals surface area contributed by atoms with E-state index >= 15 is 0 Å².